The zero-order chi connectivity index (χ0) is 21.2. The Hall–Kier alpha value is -1.79. The Bertz CT molecular complexity index is 500. The van der Waals surface area contributed by atoms with Crippen LogP contribution < -0.4 is 5.32 Å². The molecule has 1 saturated heterocycles. The van der Waals surface area contributed by atoms with Gasteiger partial charge < -0.3 is 30.2 Å². The molecule has 1 rings (SSSR count). The number of carboxylic acids is 3. The lowest BCUT2D eigenvalue weighted by Crippen LogP contribution is -2.60. The van der Waals surface area contributed by atoms with Crippen molar-refractivity contribution in [3.8, 4) is 0 Å². The van der Waals surface area contributed by atoms with Crippen LogP contribution in [-0.4, -0.2) is 137 Å². The van der Waals surface area contributed by atoms with Gasteiger partial charge in [0.25, 0.3) is 0 Å². The Morgan fingerprint density at radius 3 is 1.71 bits per heavy atom. The molecule has 162 valence electrons. The van der Waals surface area contributed by atoms with E-state index in [9.17, 15) is 24.6 Å². The minimum atomic E-state index is -1.01. The highest BCUT2D eigenvalue weighted by Gasteiger charge is 2.33. The largest absolute Gasteiger partial charge is 0.480 e. The highest BCUT2D eigenvalue weighted by molar-refractivity contribution is 5.69. The van der Waals surface area contributed by atoms with E-state index in [1.807, 2.05) is 0 Å². The predicted molar refractivity (Wildman–Crippen MR) is 100 cm³/mol. The van der Waals surface area contributed by atoms with Gasteiger partial charge in [-0.05, 0) is 6.92 Å². The first-order chi connectivity index (χ1) is 13.1. The summed E-state index contributed by atoms with van der Waals surface area (Å²) in [5.74, 6) is -2.91. The third-order valence-corrected chi connectivity index (χ3v) is 4.83. The Kier molecular flexibility index (Phi) is 10.3. The van der Waals surface area contributed by atoms with Crippen molar-refractivity contribution in [1.29, 1.82) is 0 Å². The smallest absolute Gasteiger partial charge is 0.359 e. The quantitative estimate of drug-likeness (QED) is 0.278. The summed E-state index contributed by atoms with van der Waals surface area (Å²) in [7, 11) is 0. The van der Waals surface area contributed by atoms with Gasteiger partial charge in [0, 0.05) is 39.3 Å². The van der Waals surface area contributed by atoms with Crippen molar-refractivity contribution in [2.45, 2.75) is 13.0 Å². The van der Waals surface area contributed by atoms with Crippen LogP contribution in [0.2, 0.25) is 0 Å². The van der Waals surface area contributed by atoms with Crippen molar-refractivity contribution in [2.24, 2.45) is 0 Å². The number of quaternary nitrogens is 1. The van der Waals surface area contributed by atoms with Crippen molar-refractivity contribution in [3.05, 3.63) is 0 Å². The molecule has 0 spiro atoms. The van der Waals surface area contributed by atoms with Crippen LogP contribution in [0, 0.1) is 0 Å². The Balaban J connectivity index is 3.05. The average molecular weight is 405 g/mol. The van der Waals surface area contributed by atoms with Gasteiger partial charge in [-0.15, -0.1) is 0 Å². The predicted octanol–water partition coefficient (Wildman–Crippen LogP) is -2.35. The van der Waals surface area contributed by atoms with Gasteiger partial charge in [0.1, 0.15) is 12.6 Å². The Morgan fingerprint density at radius 1 is 0.893 bits per heavy atom. The summed E-state index contributed by atoms with van der Waals surface area (Å²) in [5, 5.41) is 40.8. The number of carbonyl (C=O) groups is 3. The molecule has 0 aromatic carbocycles. The van der Waals surface area contributed by atoms with Crippen LogP contribution in [0.1, 0.15) is 6.92 Å². The molecule has 11 heteroatoms. The number of rotatable bonds is 8. The molecule has 1 aliphatic rings. The molecule has 28 heavy (non-hydrogen) atoms. The van der Waals surface area contributed by atoms with Crippen LogP contribution in [-0.2, 0) is 14.4 Å². The van der Waals surface area contributed by atoms with Crippen molar-refractivity contribution in [3.63, 3.8) is 0 Å². The van der Waals surface area contributed by atoms with Crippen LogP contribution in [0.3, 0.4) is 0 Å². The molecule has 0 aromatic heterocycles. The SMILES string of the molecule is CC(O)C[N+]1(CC(=O)O)CCN(CC(=O)O)CCNCCN(CC(=O)O)CC1. The lowest BCUT2D eigenvalue weighted by Gasteiger charge is -2.41. The molecule has 0 aromatic rings. The maximum absolute atomic E-state index is 11.5. The number of aliphatic hydroxyl groups is 1. The summed E-state index contributed by atoms with van der Waals surface area (Å²) in [4.78, 5) is 37.3. The van der Waals surface area contributed by atoms with Crippen molar-refractivity contribution in [1.82, 2.24) is 15.1 Å². The van der Waals surface area contributed by atoms with Gasteiger partial charge in [-0.3, -0.25) is 19.4 Å². The Labute approximate surface area is 164 Å². The maximum Gasteiger partial charge on any atom is 0.359 e. The average Bonchev–Trinajstić information content (AvgIpc) is 2.53. The first-order valence-corrected chi connectivity index (χ1v) is 9.46. The maximum atomic E-state index is 11.5. The fraction of sp³-hybridized carbons (Fsp3) is 0.824. The van der Waals surface area contributed by atoms with Crippen LogP contribution >= 0.6 is 0 Å². The first kappa shape index (κ1) is 24.2. The zero-order valence-electron chi connectivity index (χ0n) is 16.4. The van der Waals surface area contributed by atoms with Gasteiger partial charge in [0.05, 0.1) is 26.2 Å². The molecule has 0 saturated carbocycles. The van der Waals surface area contributed by atoms with E-state index in [-0.39, 0.29) is 30.7 Å². The van der Waals surface area contributed by atoms with E-state index in [4.69, 9.17) is 10.2 Å². The van der Waals surface area contributed by atoms with Gasteiger partial charge in [-0.25, -0.2) is 4.79 Å². The van der Waals surface area contributed by atoms with Crippen LogP contribution in [0.15, 0.2) is 0 Å². The molecule has 1 unspecified atom stereocenters. The zero-order valence-corrected chi connectivity index (χ0v) is 16.4. The van der Waals surface area contributed by atoms with E-state index in [1.54, 1.807) is 16.7 Å². The molecule has 1 fully saturated rings. The fourth-order valence-electron chi connectivity index (χ4n) is 3.59. The van der Waals surface area contributed by atoms with Gasteiger partial charge in [0.2, 0.25) is 0 Å². The summed E-state index contributed by atoms with van der Waals surface area (Å²) in [6.07, 6.45) is -0.741. The normalized spacial score (nSPS) is 21.2. The standard InChI is InChI=1S/C17H32N4O7/c1-14(22)12-21(13-17(27)28)8-6-19(10-15(23)24)4-2-18-3-5-20(7-9-21)11-16(25)26/h14,18,22H,2-13H2,1H3,(H2-,23,24,25,26,27,28)/p+1. The molecule has 0 amide bonds. The van der Waals surface area contributed by atoms with Crippen LogP contribution in [0.4, 0.5) is 0 Å². The van der Waals surface area contributed by atoms with Gasteiger partial charge in [-0.2, -0.15) is 0 Å². The van der Waals surface area contributed by atoms with Gasteiger partial charge in [0.15, 0.2) is 6.54 Å². The van der Waals surface area contributed by atoms with Crippen LogP contribution in [0.25, 0.3) is 0 Å². The second-order valence-electron chi connectivity index (χ2n) is 7.46. The molecule has 0 bridgehead atoms. The van der Waals surface area contributed by atoms with E-state index in [0.29, 0.717) is 52.4 Å². The number of aliphatic carboxylic acids is 3. The summed E-state index contributed by atoms with van der Waals surface area (Å²) in [6.45, 7) is 4.77. The van der Waals surface area contributed by atoms with E-state index >= 15 is 0 Å². The number of carboxylic acid groups (broad SMARTS) is 3. The summed E-state index contributed by atoms with van der Waals surface area (Å²) < 4.78 is 0.0622. The monoisotopic (exact) mass is 405 g/mol. The lowest BCUT2D eigenvalue weighted by molar-refractivity contribution is -0.923. The molecule has 11 nitrogen and oxygen atoms in total. The third kappa shape index (κ3) is 9.95. The van der Waals surface area contributed by atoms with Crippen molar-refractivity contribution in [2.75, 3.05) is 78.5 Å². The summed E-state index contributed by atoms with van der Waals surface area (Å²) in [6, 6.07) is 0. The highest BCUT2D eigenvalue weighted by Crippen LogP contribution is 2.11. The Morgan fingerprint density at radius 2 is 1.36 bits per heavy atom. The van der Waals surface area contributed by atoms with E-state index in [2.05, 4.69) is 5.32 Å². The second kappa shape index (κ2) is 11.9. The summed E-state index contributed by atoms with van der Waals surface area (Å²) >= 11 is 0. The van der Waals surface area contributed by atoms with E-state index < -0.39 is 24.0 Å². The number of nitrogens with one attached hydrogen (secondary N) is 1. The van der Waals surface area contributed by atoms with Gasteiger partial charge in [-0.1, -0.05) is 0 Å². The number of aliphatic hydroxyl groups excluding tert-OH is 1. The first-order valence-electron chi connectivity index (χ1n) is 9.46. The molecular formula is C17H33N4O7+. The molecule has 1 atom stereocenters. The van der Waals surface area contributed by atoms with Crippen LogP contribution in [0.5, 0.6) is 0 Å². The second-order valence-corrected chi connectivity index (χ2v) is 7.46. The number of nitrogens with zero attached hydrogens (tertiary/aromatic N) is 3. The molecule has 5 N–H and O–H groups in total. The molecule has 0 radical (unpaired) electrons. The highest BCUT2D eigenvalue weighted by atomic mass is 16.4. The minimum absolute atomic E-state index is 0.0622. The van der Waals surface area contributed by atoms with Gasteiger partial charge >= 0.3 is 17.9 Å². The molecule has 0 aliphatic carbocycles. The lowest BCUT2D eigenvalue weighted by atomic mass is 10.2. The topological polar surface area (TPSA) is 151 Å². The van der Waals surface area contributed by atoms with Crippen molar-refractivity contribution < 1.29 is 39.3 Å². The fourth-order valence-corrected chi connectivity index (χ4v) is 3.59. The molecule has 1 heterocycles. The molecular weight excluding hydrogens is 372 g/mol. The number of hydrogen-bond acceptors (Lipinski definition) is 7. The van der Waals surface area contributed by atoms with Crippen molar-refractivity contribution >= 4 is 17.9 Å². The summed E-state index contributed by atoms with van der Waals surface area (Å²) in [5.41, 5.74) is 0. The number of hydrogen-bond donors (Lipinski definition) is 5. The third-order valence-electron chi connectivity index (χ3n) is 4.83. The minimum Gasteiger partial charge on any atom is -0.480 e. The van der Waals surface area contributed by atoms with E-state index in [0.717, 1.165) is 0 Å². The van der Waals surface area contributed by atoms with E-state index in [1.165, 1.54) is 0 Å². The molecule has 1 aliphatic heterocycles.